The van der Waals surface area contributed by atoms with Crippen LogP contribution in [0.25, 0.3) is 22.4 Å². The smallest absolute Gasteiger partial charge is 0.139 e. The van der Waals surface area contributed by atoms with Crippen molar-refractivity contribution < 1.29 is 0 Å². The number of nitrogens with one attached hydrogen (secondary N) is 1. The van der Waals surface area contributed by atoms with E-state index in [0.29, 0.717) is 5.56 Å². The summed E-state index contributed by atoms with van der Waals surface area (Å²) in [5, 5.41) is 8.90. The number of aromatic nitrogens is 2. The van der Waals surface area contributed by atoms with Gasteiger partial charge in [-0.05, 0) is 36.4 Å². The van der Waals surface area contributed by atoms with Crippen LogP contribution in [0.15, 0.2) is 45.3 Å². The fraction of sp³-hybridized carbons (Fsp3) is 0. The monoisotopic (exact) mass is 375 g/mol. The van der Waals surface area contributed by atoms with E-state index < -0.39 is 0 Å². The van der Waals surface area contributed by atoms with E-state index in [4.69, 9.17) is 5.26 Å². The van der Waals surface area contributed by atoms with Crippen molar-refractivity contribution in [1.82, 2.24) is 9.97 Å². The molecule has 5 heteroatoms. The SMILES string of the molecule is N#Cc1ccc2nc(-c3cc(Br)ccc3Br)[nH]c2c1. The summed E-state index contributed by atoms with van der Waals surface area (Å²) in [6.07, 6.45) is 0. The number of aromatic amines is 1. The minimum absolute atomic E-state index is 0.621. The Labute approximate surface area is 126 Å². The minimum Gasteiger partial charge on any atom is -0.338 e. The lowest BCUT2D eigenvalue weighted by molar-refractivity contribution is 1.32. The highest BCUT2D eigenvalue weighted by atomic mass is 79.9. The van der Waals surface area contributed by atoms with Gasteiger partial charge in [0.25, 0.3) is 0 Å². The van der Waals surface area contributed by atoms with E-state index in [0.717, 1.165) is 31.4 Å². The van der Waals surface area contributed by atoms with Gasteiger partial charge >= 0.3 is 0 Å². The van der Waals surface area contributed by atoms with Gasteiger partial charge in [0.2, 0.25) is 0 Å². The van der Waals surface area contributed by atoms with E-state index in [1.165, 1.54) is 0 Å². The Morgan fingerprint density at radius 1 is 1.11 bits per heavy atom. The molecule has 0 bridgehead atoms. The molecule has 3 rings (SSSR count). The Morgan fingerprint density at radius 2 is 1.95 bits per heavy atom. The van der Waals surface area contributed by atoms with Crippen molar-refractivity contribution in [2.45, 2.75) is 0 Å². The summed E-state index contributed by atoms with van der Waals surface area (Å²) in [5.41, 5.74) is 3.31. The maximum atomic E-state index is 8.90. The molecule has 0 saturated carbocycles. The highest BCUT2D eigenvalue weighted by Gasteiger charge is 2.09. The number of fused-ring (bicyclic) bond motifs is 1. The number of nitriles is 1. The molecule has 3 nitrogen and oxygen atoms in total. The summed E-state index contributed by atoms with van der Waals surface area (Å²) < 4.78 is 1.96. The first-order valence-electron chi connectivity index (χ1n) is 5.52. The maximum absolute atomic E-state index is 8.90. The molecule has 0 saturated heterocycles. The van der Waals surface area contributed by atoms with E-state index in [1.54, 1.807) is 12.1 Å². The van der Waals surface area contributed by atoms with Gasteiger partial charge in [0, 0.05) is 14.5 Å². The summed E-state index contributed by atoms with van der Waals surface area (Å²) in [6, 6.07) is 13.5. The molecular formula is C14H7Br2N3. The van der Waals surface area contributed by atoms with Gasteiger partial charge < -0.3 is 4.98 Å². The molecule has 0 spiro atoms. The topological polar surface area (TPSA) is 52.5 Å². The molecule has 0 fully saturated rings. The van der Waals surface area contributed by atoms with Crippen LogP contribution >= 0.6 is 31.9 Å². The maximum Gasteiger partial charge on any atom is 0.139 e. The van der Waals surface area contributed by atoms with Gasteiger partial charge in [-0.1, -0.05) is 31.9 Å². The van der Waals surface area contributed by atoms with Gasteiger partial charge in [0.05, 0.1) is 22.7 Å². The average molecular weight is 377 g/mol. The first-order chi connectivity index (χ1) is 9.17. The van der Waals surface area contributed by atoms with E-state index >= 15 is 0 Å². The minimum atomic E-state index is 0.621. The summed E-state index contributed by atoms with van der Waals surface area (Å²) in [6.45, 7) is 0. The zero-order valence-corrected chi connectivity index (χ0v) is 12.8. The zero-order valence-electron chi connectivity index (χ0n) is 9.61. The van der Waals surface area contributed by atoms with E-state index in [9.17, 15) is 0 Å². The summed E-state index contributed by atoms with van der Waals surface area (Å²) in [5.74, 6) is 0.776. The van der Waals surface area contributed by atoms with Gasteiger partial charge in [0.1, 0.15) is 5.82 Å². The predicted octanol–water partition coefficient (Wildman–Crippen LogP) is 4.63. The standard InChI is InChI=1S/C14H7Br2N3/c15-9-2-3-11(16)10(6-9)14-18-12-4-1-8(7-17)5-13(12)19-14/h1-6H,(H,18,19). The van der Waals surface area contributed by atoms with E-state index in [2.05, 4.69) is 47.9 Å². The number of halogens is 2. The largest absolute Gasteiger partial charge is 0.338 e. The number of nitrogens with zero attached hydrogens (tertiary/aromatic N) is 2. The van der Waals surface area contributed by atoms with Crippen LogP contribution in [-0.2, 0) is 0 Å². The van der Waals surface area contributed by atoms with Crippen LogP contribution in [0, 0.1) is 11.3 Å². The molecule has 3 aromatic rings. The van der Waals surface area contributed by atoms with Crippen molar-refractivity contribution in [3.63, 3.8) is 0 Å². The molecule has 0 amide bonds. The molecule has 1 aromatic heterocycles. The molecule has 92 valence electrons. The third kappa shape index (κ3) is 2.29. The molecular weight excluding hydrogens is 370 g/mol. The van der Waals surface area contributed by atoms with Crippen molar-refractivity contribution in [1.29, 1.82) is 5.26 Å². The average Bonchev–Trinajstić information content (AvgIpc) is 2.83. The molecule has 0 aliphatic heterocycles. The first-order valence-corrected chi connectivity index (χ1v) is 7.11. The van der Waals surface area contributed by atoms with Crippen molar-refractivity contribution >= 4 is 42.9 Å². The second kappa shape index (κ2) is 4.80. The van der Waals surface area contributed by atoms with Crippen molar-refractivity contribution in [3.05, 3.63) is 50.9 Å². The summed E-state index contributed by atoms with van der Waals surface area (Å²) in [4.78, 5) is 7.79. The highest BCUT2D eigenvalue weighted by Crippen LogP contribution is 2.30. The van der Waals surface area contributed by atoms with Crippen LogP contribution in [0.5, 0.6) is 0 Å². The van der Waals surface area contributed by atoms with Crippen molar-refractivity contribution in [2.75, 3.05) is 0 Å². The molecule has 0 atom stereocenters. The van der Waals surface area contributed by atoms with Gasteiger partial charge in [-0.25, -0.2) is 4.98 Å². The fourth-order valence-electron chi connectivity index (χ4n) is 1.89. The number of imidazole rings is 1. The molecule has 0 radical (unpaired) electrons. The van der Waals surface area contributed by atoms with Crippen molar-refractivity contribution in [3.8, 4) is 17.5 Å². The molecule has 1 N–H and O–H groups in total. The third-order valence-corrected chi connectivity index (χ3v) is 3.98. The Morgan fingerprint density at radius 3 is 2.74 bits per heavy atom. The fourth-order valence-corrected chi connectivity index (χ4v) is 2.68. The Balaban J connectivity index is 2.21. The summed E-state index contributed by atoms with van der Waals surface area (Å²) in [7, 11) is 0. The quantitative estimate of drug-likeness (QED) is 0.673. The van der Waals surface area contributed by atoms with Crippen LogP contribution in [0.4, 0.5) is 0 Å². The van der Waals surface area contributed by atoms with E-state index in [1.807, 2.05) is 24.3 Å². The van der Waals surface area contributed by atoms with Crippen molar-refractivity contribution in [2.24, 2.45) is 0 Å². The molecule has 0 unspecified atom stereocenters. The van der Waals surface area contributed by atoms with Crippen LogP contribution in [0.1, 0.15) is 5.56 Å². The van der Waals surface area contributed by atoms with Gasteiger partial charge in [-0.15, -0.1) is 0 Å². The second-order valence-electron chi connectivity index (χ2n) is 4.05. The number of hydrogen-bond donors (Lipinski definition) is 1. The van der Waals surface area contributed by atoms with Crippen LogP contribution in [-0.4, -0.2) is 9.97 Å². The zero-order chi connectivity index (χ0) is 13.4. The lowest BCUT2D eigenvalue weighted by atomic mass is 10.2. The predicted molar refractivity (Wildman–Crippen MR) is 81.6 cm³/mol. The van der Waals surface area contributed by atoms with Crippen LogP contribution in [0.2, 0.25) is 0 Å². The lowest BCUT2D eigenvalue weighted by Gasteiger charge is -2.01. The summed E-state index contributed by atoms with van der Waals surface area (Å²) >= 11 is 6.97. The Hall–Kier alpha value is -1.64. The molecule has 19 heavy (non-hydrogen) atoms. The van der Waals surface area contributed by atoms with Gasteiger partial charge in [-0.3, -0.25) is 0 Å². The van der Waals surface area contributed by atoms with Gasteiger partial charge in [-0.2, -0.15) is 5.26 Å². The molecule has 0 aliphatic carbocycles. The number of benzene rings is 2. The van der Waals surface area contributed by atoms with Crippen LogP contribution in [0.3, 0.4) is 0 Å². The first kappa shape index (κ1) is 12.4. The molecule has 0 aliphatic rings. The van der Waals surface area contributed by atoms with Crippen LogP contribution < -0.4 is 0 Å². The Bertz CT molecular complexity index is 815. The Kier molecular flexibility index (Phi) is 3.13. The van der Waals surface area contributed by atoms with Gasteiger partial charge in [0.15, 0.2) is 0 Å². The van der Waals surface area contributed by atoms with E-state index in [-0.39, 0.29) is 0 Å². The number of rotatable bonds is 1. The lowest BCUT2D eigenvalue weighted by Crippen LogP contribution is -1.82. The normalized spacial score (nSPS) is 10.6. The highest BCUT2D eigenvalue weighted by molar-refractivity contribution is 9.11. The number of hydrogen-bond acceptors (Lipinski definition) is 2. The second-order valence-corrected chi connectivity index (χ2v) is 5.82. The molecule has 1 heterocycles. The number of H-pyrrole nitrogens is 1. The third-order valence-electron chi connectivity index (χ3n) is 2.79. The molecule has 2 aromatic carbocycles.